The van der Waals surface area contributed by atoms with Crippen LogP contribution in [0.25, 0.3) is 0 Å². The fraction of sp³-hybridized carbons (Fsp3) is 0.591. The smallest absolute Gasteiger partial charge is 0.191 e. The number of guanidine groups is 1. The third-order valence-corrected chi connectivity index (χ3v) is 5.39. The van der Waals surface area contributed by atoms with Gasteiger partial charge in [-0.2, -0.15) is 0 Å². The summed E-state index contributed by atoms with van der Waals surface area (Å²) in [5.41, 5.74) is 1.17. The summed E-state index contributed by atoms with van der Waals surface area (Å²) in [6.07, 6.45) is 6.54. The molecular weight excluding hydrogens is 368 g/mol. The largest absolute Gasteiger partial charge is 0.493 e. The van der Waals surface area contributed by atoms with Gasteiger partial charge in [0.1, 0.15) is 0 Å². The molecule has 0 aromatic heterocycles. The van der Waals surface area contributed by atoms with E-state index in [1.807, 2.05) is 6.07 Å². The highest BCUT2D eigenvalue weighted by Crippen LogP contribution is 2.32. The molecule has 1 unspecified atom stereocenters. The maximum atomic E-state index is 5.57. The fourth-order valence-corrected chi connectivity index (χ4v) is 3.81. The van der Waals surface area contributed by atoms with E-state index >= 15 is 0 Å². The number of ether oxygens (including phenoxy) is 3. The molecule has 7 heteroatoms. The third-order valence-electron chi connectivity index (χ3n) is 5.39. The van der Waals surface area contributed by atoms with E-state index in [0.717, 1.165) is 63.1 Å². The Morgan fingerprint density at radius 1 is 1.17 bits per heavy atom. The van der Waals surface area contributed by atoms with Crippen molar-refractivity contribution >= 4 is 5.96 Å². The highest BCUT2D eigenvalue weighted by molar-refractivity contribution is 5.80. The zero-order valence-electron chi connectivity index (χ0n) is 17.8. The van der Waals surface area contributed by atoms with Crippen molar-refractivity contribution in [1.29, 1.82) is 0 Å². The van der Waals surface area contributed by atoms with E-state index < -0.39 is 0 Å². The van der Waals surface area contributed by atoms with Gasteiger partial charge in [-0.05, 0) is 37.5 Å². The zero-order chi connectivity index (χ0) is 20.5. The number of aliphatic imine (C=N–C) groups is 1. The summed E-state index contributed by atoms with van der Waals surface area (Å²) in [6, 6.07) is 6.72. The highest BCUT2D eigenvalue weighted by atomic mass is 16.5. The Bertz CT molecular complexity index is 693. The van der Waals surface area contributed by atoms with Gasteiger partial charge in [0.05, 0.1) is 40.0 Å². The predicted octanol–water partition coefficient (Wildman–Crippen LogP) is 2.35. The van der Waals surface area contributed by atoms with E-state index in [0.29, 0.717) is 12.6 Å². The van der Waals surface area contributed by atoms with Gasteiger partial charge in [-0.25, -0.2) is 0 Å². The Morgan fingerprint density at radius 2 is 1.90 bits per heavy atom. The second kappa shape index (κ2) is 11.1. The number of methoxy groups -OCH3 is 2. The molecule has 1 aliphatic carbocycles. The Kier molecular flexibility index (Phi) is 8.19. The lowest BCUT2D eigenvalue weighted by Crippen LogP contribution is -2.44. The van der Waals surface area contributed by atoms with Crippen molar-refractivity contribution in [3.8, 4) is 11.5 Å². The first kappa shape index (κ1) is 21.5. The van der Waals surface area contributed by atoms with Gasteiger partial charge < -0.3 is 24.8 Å². The Balaban J connectivity index is 1.80. The molecule has 1 aromatic carbocycles. The molecule has 1 aromatic rings. The van der Waals surface area contributed by atoms with Gasteiger partial charge in [-0.3, -0.25) is 9.89 Å². The molecule has 0 radical (unpaired) electrons. The number of morpholine rings is 1. The lowest BCUT2D eigenvalue weighted by molar-refractivity contribution is 0.0179. The molecule has 2 N–H and O–H groups in total. The SMILES string of the molecule is CCNC(=NCC(c1ccc(OC)c(OC)c1)N1CCOCC1)NC1CC=CC1. The van der Waals surface area contributed by atoms with Crippen LogP contribution in [0.3, 0.4) is 0 Å². The first-order valence-electron chi connectivity index (χ1n) is 10.5. The maximum absolute atomic E-state index is 5.57. The summed E-state index contributed by atoms with van der Waals surface area (Å²) in [5.74, 6) is 2.36. The van der Waals surface area contributed by atoms with Crippen LogP contribution in [-0.4, -0.2) is 70.5 Å². The molecule has 1 aliphatic heterocycles. The molecule has 3 rings (SSSR count). The minimum Gasteiger partial charge on any atom is -0.493 e. The molecule has 7 nitrogen and oxygen atoms in total. The van der Waals surface area contributed by atoms with Crippen LogP contribution in [0.1, 0.15) is 31.4 Å². The maximum Gasteiger partial charge on any atom is 0.191 e. The van der Waals surface area contributed by atoms with Gasteiger partial charge in [0.25, 0.3) is 0 Å². The number of benzene rings is 1. The summed E-state index contributed by atoms with van der Waals surface area (Å²) in [7, 11) is 3.33. The lowest BCUT2D eigenvalue weighted by Gasteiger charge is -2.34. The van der Waals surface area contributed by atoms with Crippen molar-refractivity contribution in [2.75, 3.05) is 53.6 Å². The van der Waals surface area contributed by atoms with Crippen LogP contribution in [-0.2, 0) is 4.74 Å². The van der Waals surface area contributed by atoms with Crippen molar-refractivity contribution in [3.05, 3.63) is 35.9 Å². The second-order valence-electron chi connectivity index (χ2n) is 7.28. The summed E-state index contributed by atoms with van der Waals surface area (Å²) in [6.45, 7) is 6.88. The van der Waals surface area contributed by atoms with Crippen molar-refractivity contribution in [2.24, 2.45) is 4.99 Å². The van der Waals surface area contributed by atoms with Gasteiger partial charge >= 0.3 is 0 Å². The first-order valence-corrected chi connectivity index (χ1v) is 10.5. The summed E-state index contributed by atoms with van der Waals surface area (Å²) < 4.78 is 16.5. The lowest BCUT2D eigenvalue weighted by atomic mass is 10.0. The van der Waals surface area contributed by atoms with Gasteiger partial charge in [0.15, 0.2) is 17.5 Å². The average molecular weight is 403 g/mol. The first-order chi connectivity index (χ1) is 14.2. The van der Waals surface area contributed by atoms with Crippen LogP contribution in [0.4, 0.5) is 0 Å². The van der Waals surface area contributed by atoms with Gasteiger partial charge in [-0.15, -0.1) is 0 Å². The summed E-state index contributed by atoms with van der Waals surface area (Å²) >= 11 is 0. The fourth-order valence-electron chi connectivity index (χ4n) is 3.81. The topological polar surface area (TPSA) is 67.4 Å². The third kappa shape index (κ3) is 5.87. The van der Waals surface area contributed by atoms with Crippen molar-refractivity contribution in [3.63, 3.8) is 0 Å². The van der Waals surface area contributed by atoms with Crippen LogP contribution in [0, 0.1) is 0 Å². The van der Waals surface area contributed by atoms with Crippen LogP contribution in [0.2, 0.25) is 0 Å². The Morgan fingerprint density at radius 3 is 2.55 bits per heavy atom. The predicted molar refractivity (Wildman–Crippen MR) is 116 cm³/mol. The Hall–Kier alpha value is -2.25. The quantitative estimate of drug-likeness (QED) is 0.395. The molecule has 0 spiro atoms. The molecule has 0 saturated carbocycles. The normalized spacial score (nSPS) is 19.2. The van der Waals surface area contributed by atoms with Crippen LogP contribution < -0.4 is 20.1 Å². The highest BCUT2D eigenvalue weighted by Gasteiger charge is 2.24. The number of nitrogens with zero attached hydrogens (tertiary/aromatic N) is 2. The molecule has 1 heterocycles. The van der Waals surface area contributed by atoms with E-state index in [2.05, 4.69) is 46.7 Å². The van der Waals surface area contributed by atoms with Gasteiger partial charge in [-0.1, -0.05) is 18.2 Å². The molecule has 0 amide bonds. The van der Waals surface area contributed by atoms with E-state index in [9.17, 15) is 0 Å². The standard InChI is InChI=1S/C22H34N4O3/c1-4-23-22(25-18-7-5-6-8-18)24-16-19(26-11-13-29-14-12-26)17-9-10-20(27-2)21(15-17)28-3/h5-6,9-10,15,18-19H,4,7-8,11-14,16H2,1-3H3,(H2,23,24,25). The minimum atomic E-state index is 0.149. The Labute approximate surface area is 174 Å². The van der Waals surface area contributed by atoms with Crippen molar-refractivity contribution in [2.45, 2.75) is 31.8 Å². The average Bonchev–Trinajstić information content (AvgIpc) is 3.27. The van der Waals surface area contributed by atoms with Crippen molar-refractivity contribution in [1.82, 2.24) is 15.5 Å². The second-order valence-corrected chi connectivity index (χ2v) is 7.28. The number of hydrogen-bond acceptors (Lipinski definition) is 5. The summed E-state index contributed by atoms with van der Waals surface area (Å²) in [4.78, 5) is 7.38. The van der Waals surface area contributed by atoms with Gasteiger partial charge in [0, 0.05) is 25.7 Å². The van der Waals surface area contributed by atoms with E-state index in [1.54, 1.807) is 14.2 Å². The number of hydrogen-bond donors (Lipinski definition) is 2. The van der Waals surface area contributed by atoms with Gasteiger partial charge in [0.2, 0.25) is 0 Å². The zero-order valence-corrected chi connectivity index (χ0v) is 17.8. The van der Waals surface area contributed by atoms with E-state index in [4.69, 9.17) is 19.2 Å². The van der Waals surface area contributed by atoms with E-state index in [1.165, 1.54) is 5.56 Å². The van der Waals surface area contributed by atoms with Crippen molar-refractivity contribution < 1.29 is 14.2 Å². The minimum absolute atomic E-state index is 0.149. The molecule has 1 saturated heterocycles. The molecule has 160 valence electrons. The van der Waals surface area contributed by atoms with E-state index in [-0.39, 0.29) is 6.04 Å². The molecule has 29 heavy (non-hydrogen) atoms. The number of nitrogens with one attached hydrogen (secondary N) is 2. The molecule has 0 bridgehead atoms. The molecular formula is C22H34N4O3. The summed E-state index contributed by atoms with van der Waals surface area (Å²) in [5, 5.41) is 6.94. The monoisotopic (exact) mass is 402 g/mol. The number of rotatable bonds is 8. The van der Waals surface area contributed by atoms with Crippen LogP contribution in [0.5, 0.6) is 11.5 Å². The van der Waals surface area contributed by atoms with Crippen LogP contribution >= 0.6 is 0 Å². The molecule has 1 atom stereocenters. The molecule has 2 aliphatic rings. The van der Waals surface area contributed by atoms with Crippen LogP contribution in [0.15, 0.2) is 35.3 Å². The molecule has 1 fully saturated rings.